The number of aliphatic carboxylic acids is 1. The van der Waals surface area contributed by atoms with Crippen LogP contribution in [0.5, 0.6) is 0 Å². The van der Waals surface area contributed by atoms with Gasteiger partial charge in [-0.1, -0.05) is 0 Å². The second kappa shape index (κ2) is 4.96. The Bertz CT molecular complexity index is 373. The minimum atomic E-state index is -0.957. The molecule has 2 amide bonds. The Morgan fingerprint density at radius 2 is 1.78 bits per heavy atom. The lowest BCUT2D eigenvalue weighted by atomic mass is 10.1. The quantitative estimate of drug-likeness (QED) is 0.666. The van der Waals surface area contributed by atoms with Crippen molar-refractivity contribution >= 4 is 17.8 Å². The average Bonchev–Trinajstić information content (AvgIpc) is 2.93. The van der Waals surface area contributed by atoms with E-state index in [9.17, 15) is 14.4 Å². The smallest absolute Gasteiger partial charge is 0.307 e. The Morgan fingerprint density at radius 1 is 1.22 bits per heavy atom. The zero-order chi connectivity index (χ0) is 14.1. The van der Waals surface area contributed by atoms with Gasteiger partial charge in [0.1, 0.15) is 6.04 Å². The van der Waals surface area contributed by atoms with E-state index in [-0.39, 0.29) is 17.4 Å². The fourth-order valence-electron chi connectivity index (χ4n) is 1.62. The molecule has 0 aromatic carbocycles. The number of carbonyl (C=O) groups excluding carboxylic acids is 2. The van der Waals surface area contributed by atoms with Gasteiger partial charge in [0.25, 0.3) is 0 Å². The highest BCUT2D eigenvalue weighted by atomic mass is 16.4. The molecule has 18 heavy (non-hydrogen) atoms. The number of nitrogens with one attached hydrogen (secondary N) is 2. The fourth-order valence-corrected chi connectivity index (χ4v) is 1.62. The van der Waals surface area contributed by atoms with Crippen LogP contribution in [0.4, 0.5) is 0 Å². The number of hydrogen-bond donors (Lipinski definition) is 3. The molecule has 3 N–H and O–H groups in total. The fraction of sp³-hybridized carbons (Fsp3) is 0.750. The molecule has 6 heteroatoms. The minimum absolute atomic E-state index is 0.275. The molecule has 0 saturated heterocycles. The molecule has 0 radical (unpaired) electrons. The van der Waals surface area contributed by atoms with E-state index in [1.807, 2.05) is 20.8 Å². The number of carboxylic acid groups (broad SMARTS) is 1. The van der Waals surface area contributed by atoms with E-state index in [2.05, 4.69) is 10.6 Å². The number of carbonyl (C=O) groups is 3. The van der Waals surface area contributed by atoms with Gasteiger partial charge < -0.3 is 15.7 Å². The highest BCUT2D eigenvalue weighted by molar-refractivity contribution is 5.93. The highest BCUT2D eigenvalue weighted by Crippen LogP contribution is 2.38. The molecule has 0 aromatic heterocycles. The van der Waals surface area contributed by atoms with Crippen molar-refractivity contribution in [2.24, 2.45) is 11.8 Å². The normalized spacial score (nSPS) is 24.0. The standard InChI is InChI=1S/C12H20N2O4/c1-6(9(15)14-12(2,3)4)13-10(16)7-5-8(7)11(17)18/h6-8H,5H2,1-4H3,(H,13,16)(H,14,15)(H,17,18). The summed E-state index contributed by atoms with van der Waals surface area (Å²) in [6.45, 7) is 7.12. The monoisotopic (exact) mass is 256 g/mol. The van der Waals surface area contributed by atoms with Crippen molar-refractivity contribution < 1.29 is 19.5 Å². The van der Waals surface area contributed by atoms with Crippen molar-refractivity contribution in [1.82, 2.24) is 10.6 Å². The molecule has 1 saturated carbocycles. The van der Waals surface area contributed by atoms with Gasteiger partial charge in [0, 0.05) is 5.54 Å². The highest BCUT2D eigenvalue weighted by Gasteiger charge is 2.48. The van der Waals surface area contributed by atoms with E-state index in [0.29, 0.717) is 6.42 Å². The van der Waals surface area contributed by atoms with Crippen molar-refractivity contribution in [1.29, 1.82) is 0 Å². The maximum absolute atomic E-state index is 11.7. The van der Waals surface area contributed by atoms with Gasteiger partial charge in [-0.2, -0.15) is 0 Å². The van der Waals surface area contributed by atoms with Gasteiger partial charge >= 0.3 is 5.97 Å². The summed E-state index contributed by atoms with van der Waals surface area (Å²) >= 11 is 0. The van der Waals surface area contributed by atoms with Crippen LogP contribution >= 0.6 is 0 Å². The second-order valence-electron chi connectivity index (χ2n) is 5.76. The van der Waals surface area contributed by atoms with Crippen LogP contribution in [0, 0.1) is 11.8 Å². The molecule has 1 aliphatic carbocycles. The van der Waals surface area contributed by atoms with Gasteiger partial charge in [-0.25, -0.2) is 0 Å². The van der Waals surface area contributed by atoms with Gasteiger partial charge in [-0.05, 0) is 34.1 Å². The molecular weight excluding hydrogens is 236 g/mol. The van der Waals surface area contributed by atoms with Crippen molar-refractivity contribution in [3.05, 3.63) is 0 Å². The molecule has 6 nitrogen and oxygen atoms in total. The first-order valence-corrected chi connectivity index (χ1v) is 5.97. The Morgan fingerprint density at radius 3 is 2.17 bits per heavy atom. The predicted molar refractivity (Wildman–Crippen MR) is 64.7 cm³/mol. The summed E-state index contributed by atoms with van der Waals surface area (Å²) in [6.07, 6.45) is 0.356. The van der Waals surface area contributed by atoms with Crippen molar-refractivity contribution in [2.45, 2.75) is 45.7 Å². The van der Waals surface area contributed by atoms with Gasteiger partial charge in [0.2, 0.25) is 11.8 Å². The Kier molecular flexibility index (Phi) is 3.98. The van der Waals surface area contributed by atoms with E-state index in [0.717, 1.165) is 0 Å². The number of rotatable bonds is 4. The topological polar surface area (TPSA) is 95.5 Å². The molecule has 0 bridgehead atoms. The number of amides is 2. The van der Waals surface area contributed by atoms with E-state index >= 15 is 0 Å². The van der Waals surface area contributed by atoms with Crippen molar-refractivity contribution in [3.8, 4) is 0 Å². The summed E-state index contributed by atoms with van der Waals surface area (Å²) in [6, 6.07) is -0.660. The van der Waals surface area contributed by atoms with Crippen LogP contribution in [-0.2, 0) is 14.4 Å². The summed E-state index contributed by atoms with van der Waals surface area (Å²) in [4.78, 5) is 34.0. The molecule has 102 valence electrons. The average molecular weight is 256 g/mol. The van der Waals surface area contributed by atoms with Gasteiger partial charge in [-0.15, -0.1) is 0 Å². The first-order chi connectivity index (χ1) is 8.11. The number of hydrogen-bond acceptors (Lipinski definition) is 3. The largest absolute Gasteiger partial charge is 0.481 e. The molecule has 3 atom stereocenters. The molecule has 1 fully saturated rings. The minimum Gasteiger partial charge on any atom is -0.481 e. The second-order valence-corrected chi connectivity index (χ2v) is 5.76. The molecule has 3 unspecified atom stereocenters. The molecule has 1 rings (SSSR count). The van der Waals surface area contributed by atoms with Crippen LogP contribution < -0.4 is 10.6 Å². The van der Waals surface area contributed by atoms with Crippen LogP contribution in [0.25, 0.3) is 0 Å². The van der Waals surface area contributed by atoms with E-state index < -0.39 is 23.8 Å². The lowest BCUT2D eigenvalue weighted by molar-refractivity contribution is -0.140. The van der Waals surface area contributed by atoms with Crippen molar-refractivity contribution in [3.63, 3.8) is 0 Å². The van der Waals surface area contributed by atoms with Crippen LogP contribution in [0.1, 0.15) is 34.1 Å². The third-order valence-electron chi connectivity index (χ3n) is 2.69. The predicted octanol–water partition coefficient (Wildman–Crippen LogP) is 0.126. The molecule has 0 aromatic rings. The Hall–Kier alpha value is -1.59. The first kappa shape index (κ1) is 14.5. The maximum atomic E-state index is 11.7. The summed E-state index contributed by atoms with van der Waals surface area (Å²) in [5.41, 5.74) is -0.362. The van der Waals surface area contributed by atoms with Crippen LogP contribution in [0.15, 0.2) is 0 Å². The molecule has 0 aliphatic heterocycles. The van der Waals surface area contributed by atoms with Crippen molar-refractivity contribution in [2.75, 3.05) is 0 Å². The summed E-state index contributed by atoms with van der Waals surface area (Å²) in [5.74, 6) is -2.68. The van der Waals surface area contributed by atoms with Gasteiger partial charge in [0.15, 0.2) is 0 Å². The SMILES string of the molecule is CC(NC(=O)C1CC1C(=O)O)C(=O)NC(C)(C)C. The number of carboxylic acids is 1. The third kappa shape index (κ3) is 4.01. The lowest BCUT2D eigenvalue weighted by Crippen LogP contribution is -2.51. The summed E-state index contributed by atoms with van der Waals surface area (Å²) in [5, 5.41) is 14.0. The van der Waals surface area contributed by atoms with Crippen LogP contribution in [0.2, 0.25) is 0 Å². The van der Waals surface area contributed by atoms with E-state index in [1.165, 1.54) is 0 Å². The maximum Gasteiger partial charge on any atom is 0.307 e. The van der Waals surface area contributed by atoms with Gasteiger partial charge in [0.05, 0.1) is 11.8 Å². The zero-order valence-corrected chi connectivity index (χ0v) is 11.1. The third-order valence-corrected chi connectivity index (χ3v) is 2.69. The van der Waals surface area contributed by atoms with Crippen LogP contribution in [-0.4, -0.2) is 34.5 Å². The zero-order valence-electron chi connectivity index (χ0n) is 11.1. The summed E-state index contributed by atoms with van der Waals surface area (Å²) in [7, 11) is 0. The van der Waals surface area contributed by atoms with Crippen LogP contribution in [0.3, 0.4) is 0 Å². The molecule has 0 spiro atoms. The Balaban J connectivity index is 2.41. The van der Waals surface area contributed by atoms with E-state index in [4.69, 9.17) is 5.11 Å². The Labute approximate surface area is 106 Å². The molecule has 1 aliphatic rings. The first-order valence-electron chi connectivity index (χ1n) is 5.97. The molecule has 0 heterocycles. The lowest BCUT2D eigenvalue weighted by Gasteiger charge is -2.23. The molecular formula is C12H20N2O4. The summed E-state index contributed by atoms with van der Waals surface area (Å²) < 4.78 is 0. The van der Waals surface area contributed by atoms with Gasteiger partial charge in [-0.3, -0.25) is 14.4 Å². The van der Waals surface area contributed by atoms with E-state index in [1.54, 1.807) is 6.92 Å².